The zero-order chi connectivity index (χ0) is 17.3. The summed E-state index contributed by atoms with van der Waals surface area (Å²) >= 11 is 0. The fourth-order valence-corrected chi connectivity index (χ4v) is 3.03. The Morgan fingerprint density at radius 2 is 2.33 bits per heavy atom. The standard InChI is InChI=1S/C16H20N4O4/c1-2-12(15(23)19-5-10(22)8-21)20-7-9-3-4-17-14-13(9)11(6-18-14)16(20)24/h3-4,6,10,12,21-22H,2,5,7-8H2,1H3,(H,17,18)(H,19,23)/t10-,12+/m0/s1. The molecule has 2 aromatic rings. The lowest BCUT2D eigenvalue weighted by Crippen LogP contribution is -2.51. The molecule has 128 valence electrons. The lowest BCUT2D eigenvalue weighted by atomic mass is 10.00. The number of H-pyrrole nitrogens is 1. The summed E-state index contributed by atoms with van der Waals surface area (Å²) in [5.41, 5.74) is 2.12. The summed E-state index contributed by atoms with van der Waals surface area (Å²) in [6.45, 7) is 1.68. The minimum Gasteiger partial charge on any atom is -0.394 e. The van der Waals surface area contributed by atoms with Crippen LogP contribution in [0.4, 0.5) is 0 Å². The lowest BCUT2D eigenvalue weighted by Gasteiger charge is -2.33. The van der Waals surface area contributed by atoms with E-state index in [1.165, 1.54) is 4.90 Å². The predicted molar refractivity (Wildman–Crippen MR) is 86.1 cm³/mol. The Kier molecular flexibility index (Phi) is 4.50. The van der Waals surface area contributed by atoms with Crippen LogP contribution in [0.5, 0.6) is 0 Å². The highest BCUT2D eigenvalue weighted by Crippen LogP contribution is 2.30. The molecule has 0 saturated carbocycles. The summed E-state index contributed by atoms with van der Waals surface area (Å²) in [5.74, 6) is -0.561. The molecule has 8 nitrogen and oxygen atoms in total. The number of nitrogens with one attached hydrogen (secondary N) is 2. The van der Waals surface area contributed by atoms with Gasteiger partial charge < -0.3 is 25.4 Å². The third-order valence-corrected chi connectivity index (χ3v) is 4.28. The zero-order valence-corrected chi connectivity index (χ0v) is 13.3. The van der Waals surface area contributed by atoms with Crippen LogP contribution >= 0.6 is 0 Å². The fraction of sp³-hybridized carbons (Fsp3) is 0.438. The van der Waals surface area contributed by atoms with E-state index in [0.29, 0.717) is 24.2 Å². The van der Waals surface area contributed by atoms with Crippen molar-refractivity contribution in [3.8, 4) is 0 Å². The van der Waals surface area contributed by atoms with Gasteiger partial charge in [-0.3, -0.25) is 9.59 Å². The van der Waals surface area contributed by atoms with Crippen molar-refractivity contribution >= 4 is 22.8 Å². The number of aromatic nitrogens is 2. The summed E-state index contributed by atoms with van der Waals surface area (Å²) < 4.78 is 0. The molecule has 2 aromatic heterocycles. The van der Waals surface area contributed by atoms with Crippen LogP contribution < -0.4 is 5.32 Å². The average Bonchev–Trinajstić information content (AvgIpc) is 3.03. The van der Waals surface area contributed by atoms with E-state index in [0.717, 1.165) is 10.9 Å². The Morgan fingerprint density at radius 3 is 3.04 bits per heavy atom. The largest absolute Gasteiger partial charge is 0.394 e. The maximum Gasteiger partial charge on any atom is 0.257 e. The smallest absolute Gasteiger partial charge is 0.257 e. The maximum absolute atomic E-state index is 12.8. The number of rotatable bonds is 6. The molecule has 0 bridgehead atoms. The molecule has 8 heteroatoms. The Morgan fingerprint density at radius 1 is 1.54 bits per heavy atom. The number of pyridine rings is 1. The summed E-state index contributed by atoms with van der Waals surface area (Å²) in [4.78, 5) is 33.9. The Balaban J connectivity index is 1.83. The molecule has 0 fully saturated rings. The van der Waals surface area contributed by atoms with Crippen LogP contribution in [-0.2, 0) is 11.3 Å². The fourth-order valence-electron chi connectivity index (χ4n) is 3.03. The SMILES string of the molecule is CC[C@H](C(=O)NC[C@H](O)CO)N1Cc2ccnc3[nH]cc(c23)C1=O. The highest BCUT2D eigenvalue weighted by atomic mass is 16.3. The number of nitrogens with zero attached hydrogens (tertiary/aromatic N) is 2. The molecule has 0 saturated heterocycles. The van der Waals surface area contributed by atoms with Gasteiger partial charge in [0.15, 0.2) is 0 Å². The molecular weight excluding hydrogens is 312 g/mol. The molecular formula is C16H20N4O4. The van der Waals surface area contributed by atoms with Crippen molar-refractivity contribution in [2.24, 2.45) is 0 Å². The van der Waals surface area contributed by atoms with Gasteiger partial charge in [-0.25, -0.2) is 4.98 Å². The molecule has 0 aromatic carbocycles. The molecule has 1 aliphatic heterocycles. The molecule has 3 rings (SSSR count). The molecule has 1 aliphatic rings. The lowest BCUT2D eigenvalue weighted by molar-refractivity contribution is -0.126. The van der Waals surface area contributed by atoms with Crippen molar-refractivity contribution < 1.29 is 19.8 Å². The van der Waals surface area contributed by atoms with Crippen molar-refractivity contribution in [3.63, 3.8) is 0 Å². The molecule has 2 amide bonds. The molecule has 2 atom stereocenters. The van der Waals surface area contributed by atoms with Gasteiger partial charge in [0.1, 0.15) is 11.7 Å². The third kappa shape index (κ3) is 2.74. The second-order valence-electron chi connectivity index (χ2n) is 5.83. The first-order chi connectivity index (χ1) is 11.6. The number of aliphatic hydroxyl groups is 2. The summed E-state index contributed by atoms with van der Waals surface area (Å²) in [5, 5.41) is 21.6. The Bertz CT molecular complexity index is 773. The zero-order valence-electron chi connectivity index (χ0n) is 13.3. The Labute approximate surface area is 138 Å². The van der Waals surface area contributed by atoms with E-state index in [9.17, 15) is 14.7 Å². The van der Waals surface area contributed by atoms with Gasteiger partial charge in [0.05, 0.1) is 18.3 Å². The number of amides is 2. The van der Waals surface area contributed by atoms with Gasteiger partial charge in [0, 0.05) is 30.9 Å². The molecule has 4 N–H and O–H groups in total. The van der Waals surface area contributed by atoms with Gasteiger partial charge in [-0.1, -0.05) is 6.92 Å². The van der Waals surface area contributed by atoms with Crippen molar-refractivity contribution in [3.05, 3.63) is 29.6 Å². The minimum absolute atomic E-state index is 0.0528. The van der Waals surface area contributed by atoms with Crippen LogP contribution in [0.1, 0.15) is 29.3 Å². The van der Waals surface area contributed by atoms with Crippen LogP contribution in [-0.4, -0.2) is 62.2 Å². The Hall–Kier alpha value is -2.45. The van der Waals surface area contributed by atoms with E-state index >= 15 is 0 Å². The van der Waals surface area contributed by atoms with Crippen molar-refractivity contribution in [1.82, 2.24) is 20.2 Å². The van der Waals surface area contributed by atoms with Crippen molar-refractivity contribution in [2.75, 3.05) is 13.2 Å². The number of carbonyl (C=O) groups is 2. The van der Waals surface area contributed by atoms with Crippen LogP contribution in [0.25, 0.3) is 11.0 Å². The van der Waals surface area contributed by atoms with Gasteiger partial charge in [-0.05, 0) is 18.1 Å². The predicted octanol–water partition coefficient (Wildman–Crippen LogP) is -0.233. The van der Waals surface area contributed by atoms with E-state index in [4.69, 9.17) is 5.11 Å². The van der Waals surface area contributed by atoms with Crippen LogP contribution in [0.2, 0.25) is 0 Å². The van der Waals surface area contributed by atoms with E-state index in [1.54, 1.807) is 12.4 Å². The van der Waals surface area contributed by atoms with Gasteiger partial charge >= 0.3 is 0 Å². The van der Waals surface area contributed by atoms with E-state index < -0.39 is 18.8 Å². The first-order valence-corrected chi connectivity index (χ1v) is 7.89. The molecule has 0 unspecified atom stereocenters. The van der Waals surface area contributed by atoms with E-state index in [1.807, 2.05) is 13.0 Å². The van der Waals surface area contributed by atoms with Crippen LogP contribution in [0, 0.1) is 0 Å². The quantitative estimate of drug-likeness (QED) is 0.582. The molecule has 0 radical (unpaired) electrons. The third-order valence-electron chi connectivity index (χ3n) is 4.28. The van der Waals surface area contributed by atoms with Gasteiger partial charge in [-0.15, -0.1) is 0 Å². The highest BCUT2D eigenvalue weighted by Gasteiger charge is 2.34. The van der Waals surface area contributed by atoms with Crippen LogP contribution in [0.3, 0.4) is 0 Å². The molecule has 0 aliphatic carbocycles. The summed E-state index contributed by atoms with van der Waals surface area (Å²) in [6.07, 6.45) is 2.72. The normalized spacial score (nSPS) is 16.3. The maximum atomic E-state index is 12.8. The monoisotopic (exact) mass is 332 g/mol. The number of hydrogen-bond donors (Lipinski definition) is 4. The molecule has 0 spiro atoms. The summed E-state index contributed by atoms with van der Waals surface area (Å²) in [6, 6.07) is 1.20. The van der Waals surface area contributed by atoms with Crippen molar-refractivity contribution in [1.29, 1.82) is 0 Å². The van der Waals surface area contributed by atoms with Crippen molar-refractivity contribution in [2.45, 2.75) is 32.0 Å². The number of aromatic amines is 1. The highest BCUT2D eigenvalue weighted by molar-refractivity contribution is 6.10. The first-order valence-electron chi connectivity index (χ1n) is 7.89. The number of aliphatic hydroxyl groups excluding tert-OH is 2. The summed E-state index contributed by atoms with van der Waals surface area (Å²) in [7, 11) is 0. The first kappa shape index (κ1) is 16.4. The van der Waals surface area contributed by atoms with Gasteiger partial charge in [-0.2, -0.15) is 0 Å². The second kappa shape index (κ2) is 6.58. The molecule has 3 heterocycles. The topological polar surface area (TPSA) is 119 Å². The van der Waals surface area contributed by atoms with Crippen LogP contribution in [0.15, 0.2) is 18.5 Å². The van der Waals surface area contributed by atoms with Gasteiger partial charge in [0.25, 0.3) is 5.91 Å². The van der Waals surface area contributed by atoms with E-state index in [2.05, 4.69) is 15.3 Å². The minimum atomic E-state index is -1.01. The van der Waals surface area contributed by atoms with Gasteiger partial charge in [0.2, 0.25) is 5.91 Å². The average molecular weight is 332 g/mol. The number of carbonyl (C=O) groups excluding carboxylic acids is 2. The van der Waals surface area contributed by atoms with E-state index in [-0.39, 0.29) is 18.4 Å². The molecule has 24 heavy (non-hydrogen) atoms. The number of hydrogen-bond acceptors (Lipinski definition) is 5. The second-order valence-corrected chi connectivity index (χ2v) is 5.83.